The SMILES string of the molecule is CCC(C)[C@H](N)C(=O)Nc1cccc(Br)c1. The predicted molar refractivity (Wildman–Crippen MR) is 70.2 cm³/mol. The molecule has 88 valence electrons. The molecule has 3 N–H and O–H groups in total. The molecule has 1 aromatic rings. The Kier molecular flexibility index (Phi) is 4.96. The van der Waals surface area contributed by atoms with E-state index < -0.39 is 6.04 Å². The van der Waals surface area contributed by atoms with E-state index in [2.05, 4.69) is 21.2 Å². The highest BCUT2D eigenvalue weighted by Crippen LogP contribution is 2.16. The molecular formula is C12H17BrN2O. The minimum atomic E-state index is -0.455. The average Bonchev–Trinajstić information content (AvgIpc) is 2.27. The van der Waals surface area contributed by atoms with Crippen LogP contribution in [-0.4, -0.2) is 11.9 Å². The summed E-state index contributed by atoms with van der Waals surface area (Å²) in [5.41, 5.74) is 6.60. The van der Waals surface area contributed by atoms with Gasteiger partial charge in [-0.25, -0.2) is 0 Å². The normalized spacial score (nSPS) is 14.2. The Bertz CT molecular complexity index is 368. The zero-order valence-corrected chi connectivity index (χ0v) is 11.1. The van der Waals surface area contributed by atoms with Crippen LogP contribution in [0.4, 0.5) is 5.69 Å². The van der Waals surface area contributed by atoms with Gasteiger partial charge in [-0.05, 0) is 24.1 Å². The van der Waals surface area contributed by atoms with Crippen LogP contribution in [0.1, 0.15) is 20.3 Å². The van der Waals surface area contributed by atoms with Gasteiger partial charge in [0.1, 0.15) is 0 Å². The van der Waals surface area contributed by atoms with Crippen LogP contribution in [0.25, 0.3) is 0 Å². The molecule has 2 atom stereocenters. The second-order valence-electron chi connectivity index (χ2n) is 3.91. The molecule has 0 spiro atoms. The van der Waals surface area contributed by atoms with E-state index in [-0.39, 0.29) is 11.8 Å². The number of carbonyl (C=O) groups is 1. The molecule has 0 aliphatic heterocycles. The number of rotatable bonds is 4. The van der Waals surface area contributed by atoms with E-state index in [1.54, 1.807) is 0 Å². The molecule has 3 nitrogen and oxygen atoms in total. The Balaban J connectivity index is 2.64. The topological polar surface area (TPSA) is 55.1 Å². The van der Waals surface area contributed by atoms with Gasteiger partial charge in [0.2, 0.25) is 5.91 Å². The van der Waals surface area contributed by atoms with Crippen molar-refractivity contribution in [2.24, 2.45) is 11.7 Å². The maximum Gasteiger partial charge on any atom is 0.241 e. The van der Waals surface area contributed by atoms with E-state index in [0.29, 0.717) is 0 Å². The highest BCUT2D eigenvalue weighted by Gasteiger charge is 2.19. The third-order valence-corrected chi connectivity index (χ3v) is 3.15. The highest BCUT2D eigenvalue weighted by atomic mass is 79.9. The number of hydrogen-bond donors (Lipinski definition) is 2. The van der Waals surface area contributed by atoms with Gasteiger partial charge < -0.3 is 11.1 Å². The first kappa shape index (κ1) is 13.2. The largest absolute Gasteiger partial charge is 0.325 e. The third-order valence-electron chi connectivity index (χ3n) is 2.65. The van der Waals surface area contributed by atoms with Crippen molar-refractivity contribution in [3.63, 3.8) is 0 Å². The summed E-state index contributed by atoms with van der Waals surface area (Å²) in [5.74, 6) is 0.0552. The molecule has 0 bridgehead atoms. The molecule has 0 aliphatic carbocycles. The van der Waals surface area contributed by atoms with E-state index >= 15 is 0 Å². The van der Waals surface area contributed by atoms with Crippen molar-refractivity contribution < 1.29 is 4.79 Å². The molecule has 0 aliphatic rings. The summed E-state index contributed by atoms with van der Waals surface area (Å²) in [6.45, 7) is 4.00. The summed E-state index contributed by atoms with van der Waals surface area (Å²) in [4.78, 5) is 11.8. The Morgan fingerprint density at radius 3 is 2.81 bits per heavy atom. The number of nitrogens with two attached hydrogens (primary N) is 1. The zero-order valence-electron chi connectivity index (χ0n) is 9.53. The molecule has 1 rings (SSSR count). The maximum atomic E-state index is 11.8. The quantitative estimate of drug-likeness (QED) is 0.893. The van der Waals surface area contributed by atoms with Crippen molar-refractivity contribution in [1.82, 2.24) is 0 Å². The van der Waals surface area contributed by atoms with E-state index in [9.17, 15) is 4.79 Å². The molecule has 1 amide bonds. The zero-order chi connectivity index (χ0) is 12.1. The number of hydrogen-bond acceptors (Lipinski definition) is 2. The number of amides is 1. The number of anilines is 1. The Morgan fingerprint density at radius 2 is 2.25 bits per heavy atom. The average molecular weight is 285 g/mol. The standard InChI is InChI=1S/C12H17BrN2O/c1-3-8(2)11(14)12(16)15-10-6-4-5-9(13)7-10/h4-8,11H,3,14H2,1-2H3,(H,15,16)/t8?,11-/m0/s1. The van der Waals surface area contributed by atoms with Crippen LogP contribution in [0.5, 0.6) is 0 Å². The predicted octanol–water partition coefficient (Wildman–Crippen LogP) is 2.76. The summed E-state index contributed by atoms with van der Waals surface area (Å²) >= 11 is 3.35. The van der Waals surface area contributed by atoms with Crippen molar-refractivity contribution in [2.45, 2.75) is 26.3 Å². The van der Waals surface area contributed by atoms with Crippen molar-refractivity contribution in [2.75, 3.05) is 5.32 Å². The number of nitrogens with one attached hydrogen (secondary N) is 1. The van der Waals surface area contributed by atoms with Gasteiger partial charge in [0.25, 0.3) is 0 Å². The smallest absolute Gasteiger partial charge is 0.241 e. The molecule has 0 aromatic heterocycles. The monoisotopic (exact) mass is 284 g/mol. The molecule has 0 saturated heterocycles. The number of benzene rings is 1. The maximum absolute atomic E-state index is 11.8. The minimum Gasteiger partial charge on any atom is -0.325 e. The van der Waals surface area contributed by atoms with Gasteiger partial charge in [-0.1, -0.05) is 42.3 Å². The molecule has 0 fully saturated rings. The second kappa shape index (κ2) is 6.01. The molecular weight excluding hydrogens is 268 g/mol. The summed E-state index contributed by atoms with van der Waals surface area (Å²) in [6, 6.07) is 7.01. The van der Waals surface area contributed by atoms with Crippen molar-refractivity contribution in [3.05, 3.63) is 28.7 Å². The van der Waals surface area contributed by atoms with Gasteiger partial charge in [-0.2, -0.15) is 0 Å². The first-order chi connectivity index (χ1) is 7.54. The summed E-state index contributed by atoms with van der Waals surface area (Å²) < 4.78 is 0.933. The fourth-order valence-electron chi connectivity index (χ4n) is 1.30. The highest BCUT2D eigenvalue weighted by molar-refractivity contribution is 9.10. The van der Waals surface area contributed by atoms with Gasteiger partial charge in [0.15, 0.2) is 0 Å². The molecule has 4 heteroatoms. The molecule has 0 heterocycles. The number of halogens is 1. The second-order valence-corrected chi connectivity index (χ2v) is 4.83. The van der Waals surface area contributed by atoms with E-state index in [1.807, 2.05) is 38.1 Å². The van der Waals surface area contributed by atoms with Crippen LogP contribution in [0, 0.1) is 5.92 Å². The van der Waals surface area contributed by atoms with Crippen molar-refractivity contribution in [1.29, 1.82) is 0 Å². The fourth-order valence-corrected chi connectivity index (χ4v) is 1.70. The first-order valence-corrected chi connectivity index (χ1v) is 6.16. The summed E-state index contributed by atoms with van der Waals surface area (Å²) in [5, 5.41) is 2.80. The van der Waals surface area contributed by atoms with Crippen LogP contribution in [0.3, 0.4) is 0 Å². The fraction of sp³-hybridized carbons (Fsp3) is 0.417. The lowest BCUT2D eigenvalue weighted by Crippen LogP contribution is -2.40. The molecule has 0 radical (unpaired) electrons. The van der Waals surface area contributed by atoms with Gasteiger partial charge in [-0.3, -0.25) is 4.79 Å². The molecule has 1 unspecified atom stereocenters. The van der Waals surface area contributed by atoms with Gasteiger partial charge in [0, 0.05) is 10.2 Å². The minimum absolute atomic E-state index is 0.132. The van der Waals surface area contributed by atoms with E-state index in [4.69, 9.17) is 5.73 Å². The van der Waals surface area contributed by atoms with Crippen molar-refractivity contribution in [3.8, 4) is 0 Å². The lowest BCUT2D eigenvalue weighted by atomic mass is 9.99. The lowest BCUT2D eigenvalue weighted by molar-refractivity contribution is -0.118. The van der Waals surface area contributed by atoms with E-state index in [1.165, 1.54) is 0 Å². The van der Waals surface area contributed by atoms with Crippen LogP contribution in [-0.2, 0) is 4.79 Å². The van der Waals surface area contributed by atoms with Gasteiger partial charge in [0.05, 0.1) is 6.04 Å². The number of carbonyl (C=O) groups excluding carboxylic acids is 1. The van der Waals surface area contributed by atoms with Crippen molar-refractivity contribution >= 4 is 27.5 Å². The Hall–Kier alpha value is -0.870. The molecule has 16 heavy (non-hydrogen) atoms. The summed E-state index contributed by atoms with van der Waals surface area (Å²) in [7, 11) is 0. The van der Waals surface area contributed by atoms with Crippen LogP contribution in [0.2, 0.25) is 0 Å². The molecule has 0 saturated carbocycles. The van der Waals surface area contributed by atoms with Gasteiger partial charge >= 0.3 is 0 Å². The van der Waals surface area contributed by atoms with Gasteiger partial charge in [-0.15, -0.1) is 0 Å². The summed E-state index contributed by atoms with van der Waals surface area (Å²) in [6.07, 6.45) is 0.896. The third kappa shape index (κ3) is 3.61. The molecule has 1 aromatic carbocycles. The van der Waals surface area contributed by atoms with Crippen LogP contribution >= 0.6 is 15.9 Å². The first-order valence-electron chi connectivity index (χ1n) is 5.36. The van der Waals surface area contributed by atoms with Crippen LogP contribution < -0.4 is 11.1 Å². The Labute approximate surface area is 105 Å². The van der Waals surface area contributed by atoms with E-state index in [0.717, 1.165) is 16.6 Å². The Morgan fingerprint density at radius 1 is 1.56 bits per heavy atom. The van der Waals surface area contributed by atoms with Crippen LogP contribution in [0.15, 0.2) is 28.7 Å². The lowest BCUT2D eigenvalue weighted by Gasteiger charge is -2.17.